The summed E-state index contributed by atoms with van der Waals surface area (Å²) in [7, 11) is -2.47. The van der Waals surface area contributed by atoms with E-state index in [0.29, 0.717) is 65.8 Å². The number of esters is 1. The summed E-state index contributed by atoms with van der Waals surface area (Å²) in [5.41, 5.74) is 3.97. The lowest BCUT2D eigenvalue weighted by Gasteiger charge is -2.30. The first-order chi connectivity index (χ1) is 20.2. The third-order valence-corrected chi connectivity index (χ3v) is 8.11. The van der Waals surface area contributed by atoms with Crippen molar-refractivity contribution < 1.29 is 32.3 Å². The second-order valence-electron chi connectivity index (χ2n) is 9.76. The van der Waals surface area contributed by atoms with Gasteiger partial charge in [-0.1, -0.05) is 36.4 Å². The summed E-state index contributed by atoms with van der Waals surface area (Å²) in [6, 6.07) is 20.7. The fourth-order valence-corrected chi connectivity index (χ4v) is 5.69. The lowest BCUT2D eigenvalue weighted by atomic mass is 9.99. The van der Waals surface area contributed by atoms with Crippen LogP contribution < -0.4 is 14.9 Å². The number of rotatable bonds is 8. The van der Waals surface area contributed by atoms with Crippen molar-refractivity contribution in [2.45, 2.75) is 0 Å². The summed E-state index contributed by atoms with van der Waals surface area (Å²) in [4.78, 5) is 39.7. The number of ether oxygens (including phenoxy) is 2. The van der Waals surface area contributed by atoms with Gasteiger partial charge in [-0.25, -0.2) is 13.2 Å². The van der Waals surface area contributed by atoms with Crippen molar-refractivity contribution in [3.63, 3.8) is 0 Å². The van der Waals surface area contributed by atoms with E-state index in [2.05, 4.69) is 10.6 Å². The molecule has 0 spiro atoms. The molecule has 0 aliphatic carbocycles. The number of sulfonamides is 1. The molecule has 1 saturated heterocycles. The minimum absolute atomic E-state index is 0.303. The van der Waals surface area contributed by atoms with E-state index < -0.39 is 16.0 Å². The van der Waals surface area contributed by atoms with Gasteiger partial charge in [0, 0.05) is 24.3 Å². The first-order valence-electron chi connectivity index (χ1n) is 13.2. The summed E-state index contributed by atoms with van der Waals surface area (Å²) in [5.74, 6) is -1.16. The van der Waals surface area contributed by atoms with Gasteiger partial charge in [0.25, 0.3) is 5.91 Å². The van der Waals surface area contributed by atoms with Gasteiger partial charge in [0.05, 0.1) is 54.8 Å². The van der Waals surface area contributed by atoms with Crippen LogP contribution in [0.1, 0.15) is 21.5 Å². The Bertz CT molecular complexity index is 1650. The molecule has 2 aliphatic rings. The van der Waals surface area contributed by atoms with Crippen LogP contribution in [0.2, 0.25) is 0 Å². The van der Waals surface area contributed by atoms with Crippen LogP contribution in [-0.2, 0) is 29.1 Å². The van der Waals surface area contributed by atoms with Crippen LogP contribution in [-0.4, -0.2) is 77.3 Å². The van der Waals surface area contributed by atoms with Gasteiger partial charge >= 0.3 is 5.97 Å². The number of carbonyl (C=O) groups excluding carboxylic acids is 3. The largest absolute Gasteiger partial charge is 0.465 e. The first-order valence-corrected chi connectivity index (χ1v) is 15.0. The Morgan fingerprint density at radius 2 is 1.69 bits per heavy atom. The van der Waals surface area contributed by atoms with Crippen molar-refractivity contribution in [1.82, 2.24) is 4.90 Å². The van der Waals surface area contributed by atoms with Crippen LogP contribution in [0.25, 0.3) is 11.3 Å². The molecule has 11 nitrogen and oxygen atoms in total. The summed E-state index contributed by atoms with van der Waals surface area (Å²) < 4.78 is 36.4. The van der Waals surface area contributed by atoms with E-state index in [0.717, 1.165) is 16.1 Å². The SMILES string of the molecule is COC(=O)c1ccc2c(c1)NC(=O)C2=C(Nc1ccc(N(CC(=O)N2CCOCC2)S(C)(=O)=O)cc1)c1ccccc1. The molecule has 2 heterocycles. The Morgan fingerprint density at radius 1 is 1.00 bits per heavy atom. The minimum atomic E-state index is -3.76. The number of amides is 2. The van der Waals surface area contributed by atoms with E-state index in [1.54, 1.807) is 47.4 Å². The molecular formula is C30H30N4O7S. The average Bonchev–Trinajstić information content (AvgIpc) is 3.33. The van der Waals surface area contributed by atoms with Crippen LogP contribution in [0.5, 0.6) is 0 Å². The maximum atomic E-state index is 13.2. The number of hydrogen-bond acceptors (Lipinski definition) is 8. The van der Waals surface area contributed by atoms with E-state index in [4.69, 9.17) is 9.47 Å². The van der Waals surface area contributed by atoms with E-state index >= 15 is 0 Å². The van der Waals surface area contributed by atoms with E-state index in [1.165, 1.54) is 7.11 Å². The highest BCUT2D eigenvalue weighted by atomic mass is 32.2. The number of anilines is 3. The predicted molar refractivity (Wildman–Crippen MR) is 159 cm³/mol. The van der Waals surface area contributed by atoms with Gasteiger partial charge in [0.15, 0.2) is 0 Å². The summed E-state index contributed by atoms with van der Waals surface area (Å²) in [6.07, 6.45) is 1.06. The van der Waals surface area contributed by atoms with Crippen LogP contribution in [0.3, 0.4) is 0 Å². The topological polar surface area (TPSA) is 134 Å². The molecule has 3 aromatic rings. The van der Waals surface area contributed by atoms with E-state index in [9.17, 15) is 22.8 Å². The number of benzene rings is 3. The third-order valence-electron chi connectivity index (χ3n) is 6.97. The molecule has 2 N–H and O–H groups in total. The average molecular weight is 591 g/mol. The van der Waals surface area contributed by atoms with Crippen molar-refractivity contribution in [2.75, 3.05) is 61.2 Å². The second-order valence-corrected chi connectivity index (χ2v) is 11.7. The van der Waals surface area contributed by atoms with Crippen molar-refractivity contribution in [3.8, 4) is 0 Å². The van der Waals surface area contributed by atoms with Gasteiger partial charge in [-0.3, -0.25) is 13.9 Å². The molecule has 5 rings (SSSR count). The third kappa shape index (κ3) is 6.14. The Morgan fingerprint density at radius 3 is 2.33 bits per heavy atom. The lowest BCUT2D eigenvalue weighted by molar-refractivity contribution is -0.133. The van der Waals surface area contributed by atoms with Crippen molar-refractivity contribution in [2.24, 2.45) is 0 Å². The molecular weight excluding hydrogens is 560 g/mol. The summed E-state index contributed by atoms with van der Waals surface area (Å²) >= 11 is 0. The lowest BCUT2D eigenvalue weighted by Crippen LogP contribution is -2.47. The normalized spacial score (nSPS) is 15.9. The molecule has 12 heteroatoms. The highest BCUT2D eigenvalue weighted by molar-refractivity contribution is 7.92. The number of morpholine rings is 1. The molecule has 2 aliphatic heterocycles. The molecule has 0 atom stereocenters. The van der Waals surface area contributed by atoms with E-state index in [1.807, 2.05) is 30.3 Å². The highest BCUT2D eigenvalue weighted by Crippen LogP contribution is 2.38. The number of nitrogens with zero attached hydrogens (tertiary/aromatic N) is 2. The Balaban J connectivity index is 1.47. The molecule has 0 saturated carbocycles. The highest BCUT2D eigenvalue weighted by Gasteiger charge is 2.30. The van der Waals surface area contributed by atoms with Gasteiger partial charge in [-0.15, -0.1) is 0 Å². The molecule has 42 heavy (non-hydrogen) atoms. The second kappa shape index (κ2) is 12.0. The van der Waals surface area contributed by atoms with Crippen LogP contribution >= 0.6 is 0 Å². The zero-order chi connectivity index (χ0) is 29.9. The first kappa shape index (κ1) is 28.8. The molecule has 3 aromatic carbocycles. The fourth-order valence-electron chi connectivity index (χ4n) is 4.84. The predicted octanol–water partition coefficient (Wildman–Crippen LogP) is 3.03. The standard InChI is InChI=1S/C30H30N4O7S/c1-40-30(37)21-8-13-24-25(18-21)32-29(36)27(24)28(20-6-4-3-5-7-20)31-22-9-11-23(12-10-22)34(42(2,38)39)19-26(35)33-14-16-41-17-15-33/h3-13,18,31H,14-17,19H2,1-2H3,(H,32,36). The Hall–Kier alpha value is -4.68. The fraction of sp³-hybridized carbons (Fsp3) is 0.233. The van der Waals surface area contributed by atoms with Gasteiger partial charge in [-0.2, -0.15) is 0 Å². The quantitative estimate of drug-likeness (QED) is 0.302. The molecule has 0 unspecified atom stereocenters. The zero-order valence-electron chi connectivity index (χ0n) is 23.1. The van der Waals surface area contributed by atoms with Crippen molar-refractivity contribution in [3.05, 3.63) is 89.5 Å². The number of carbonyl (C=O) groups is 3. The maximum Gasteiger partial charge on any atom is 0.337 e. The monoisotopic (exact) mass is 590 g/mol. The maximum absolute atomic E-state index is 13.2. The number of fused-ring (bicyclic) bond motifs is 1. The number of methoxy groups -OCH3 is 1. The number of hydrogen-bond donors (Lipinski definition) is 2. The molecule has 218 valence electrons. The molecule has 0 aromatic heterocycles. The minimum Gasteiger partial charge on any atom is -0.465 e. The Kier molecular flexibility index (Phi) is 8.27. The van der Waals surface area contributed by atoms with Gasteiger partial charge in [0.1, 0.15) is 6.54 Å². The van der Waals surface area contributed by atoms with Crippen molar-refractivity contribution >= 4 is 56.1 Å². The summed E-state index contributed by atoms with van der Waals surface area (Å²) in [5, 5.41) is 6.15. The zero-order valence-corrected chi connectivity index (χ0v) is 23.9. The molecule has 0 radical (unpaired) electrons. The molecule has 0 bridgehead atoms. The van der Waals surface area contributed by atoms with Crippen LogP contribution in [0.15, 0.2) is 72.8 Å². The van der Waals surface area contributed by atoms with Crippen LogP contribution in [0.4, 0.5) is 17.1 Å². The van der Waals surface area contributed by atoms with Gasteiger partial charge < -0.3 is 25.0 Å². The molecule has 2 amide bonds. The van der Waals surface area contributed by atoms with Gasteiger partial charge in [0.2, 0.25) is 15.9 Å². The molecule has 1 fully saturated rings. The van der Waals surface area contributed by atoms with Gasteiger partial charge in [-0.05, 0) is 42.0 Å². The summed E-state index contributed by atoms with van der Waals surface area (Å²) in [6.45, 7) is 1.33. The number of nitrogens with one attached hydrogen (secondary N) is 2. The van der Waals surface area contributed by atoms with E-state index in [-0.39, 0.29) is 18.4 Å². The van der Waals surface area contributed by atoms with Crippen LogP contribution in [0, 0.1) is 0 Å². The Labute approximate surface area is 243 Å². The van der Waals surface area contributed by atoms with Crippen molar-refractivity contribution in [1.29, 1.82) is 0 Å². The smallest absolute Gasteiger partial charge is 0.337 e.